The lowest BCUT2D eigenvalue weighted by Gasteiger charge is -2.30. The van der Waals surface area contributed by atoms with Gasteiger partial charge in [-0.3, -0.25) is 19.8 Å². The number of benzene rings is 3. The fraction of sp³-hybridized carbons (Fsp3) is 0.296. The van der Waals surface area contributed by atoms with E-state index in [2.05, 4.69) is 5.32 Å². The highest BCUT2D eigenvalue weighted by molar-refractivity contribution is 6.06. The summed E-state index contributed by atoms with van der Waals surface area (Å²) in [7, 11) is 1.75. The first-order valence-corrected chi connectivity index (χ1v) is 11.8. The predicted molar refractivity (Wildman–Crippen MR) is 131 cm³/mol. The van der Waals surface area contributed by atoms with Gasteiger partial charge in [0.25, 0.3) is 11.9 Å². The van der Waals surface area contributed by atoms with Crippen LogP contribution in [0.3, 0.4) is 0 Å². The van der Waals surface area contributed by atoms with Crippen LogP contribution in [0.2, 0.25) is 0 Å². The van der Waals surface area contributed by atoms with Crippen LogP contribution in [0.5, 0.6) is 11.5 Å². The second kappa shape index (κ2) is 9.23. The molecule has 0 radical (unpaired) electrons. The van der Waals surface area contributed by atoms with Gasteiger partial charge in [-0.2, -0.15) is 0 Å². The van der Waals surface area contributed by atoms with Crippen LogP contribution in [0.15, 0.2) is 66.7 Å². The molecule has 0 unspecified atom stereocenters. The normalized spacial score (nSPS) is 22.9. The third-order valence-electron chi connectivity index (χ3n) is 7.02. The van der Waals surface area contributed by atoms with Gasteiger partial charge in [-0.25, -0.2) is 4.39 Å². The number of likely N-dealkylation sites (tertiary alicyclic amines) is 1. The molecule has 0 aliphatic carbocycles. The van der Waals surface area contributed by atoms with Crippen molar-refractivity contribution in [2.75, 3.05) is 25.5 Å². The second-order valence-corrected chi connectivity index (χ2v) is 9.04. The maximum atomic E-state index is 13.5. The van der Waals surface area contributed by atoms with Crippen molar-refractivity contribution in [2.45, 2.75) is 31.0 Å². The number of ether oxygens (including phenoxy) is 2. The summed E-state index contributed by atoms with van der Waals surface area (Å²) in [5, 5.41) is 15.4. The number of fused-ring (bicyclic) bond motifs is 2. The number of hydrogen-bond acceptors (Lipinski definition) is 6. The number of carbonyl (C=O) groups is 1. The number of nitrogens with one attached hydrogen (secondary N) is 1. The van der Waals surface area contributed by atoms with E-state index in [0.29, 0.717) is 47.0 Å². The van der Waals surface area contributed by atoms with Gasteiger partial charge in [0, 0.05) is 22.7 Å². The first-order chi connectivity index (χ1) is 17.4. The standard InChI is InChI=1S/C27H26FN3O5/c1-3-35-24-14-18(11-12-23(24)36-16-17-7-6-8-19(28)13-17)20-15-30(2)27(25(20)31(33)34)21-9-4-5-10-22(21)29-26(27)32/h4-14,20,25H,3,15-16H2,1-2H3,(H,29,32)/t20-,25-,27+/m0/s1. The number of nitro groups is 1. The number of amides is 1. The summed E-state index contributed by atoms with van der Waals surface area (Å²) in [6.07, 6.45) is 0. The van der Waals surface area contributed by atoms with E-state index in [-0.39, 0.29) is 17.3 Å². The molecule has 2 aliphatic rings. The minimum Gasteiger partial charge on any atom is -0.490 e. The molecule has 36 heavy (non-hydrogen) atoms. The highest BCUT2D eigenvalue weighted by Crippen LogP contribution is 2.52. The van der Waals surface area contributed by atoms with Gasteiger partial charge in [0.05, 0.1) is 12.5 Å². The monoisotopic (exact) mass is 491 g/mol. The number of para-hydroxylation sites is 1. The molecular weight excluding hydrogens is 465 g/mol. The molecule has 1 spiro atoms. The Kier molecular flexibility index (Phi) is 6.09. The molecule has 3 aromatic rings. The number of hydrogen-bond donors (Lipinski definition) is 1. The topological polar surface area (TPSA) is 93.9 Å². The molecule has 1 fully saturated rings. The number of halogens is 1. The highest BCUT2D eigenvalue weighted by Gasteiger charge is 2.68. The van der Waals surface area contributed by atoms with Crippen molar-refractivity contribution in [3.8, 4) is 11.5 Å². The predicted octanol–water partition coefficient (Wildman–Crippen LogP) is 4.33. The van der Waals surface area contributed by atoms with E-state index in [4.69, 9.17) is 9.47 Å². The zero-order valence-electron chi connectivity index (χ0n) is 19.9. The van der Waals surface area contributed by atoms with Gasteiger partial charge in [-0.1, -0.05) is 36.4 Å². The summed E-state index contributed by atoms with van der Waals surface area (Å²) in [5.41, 5.74) is 1.14. The third kappa shape index (κ3) is 3.76. The molecule has 0 bridgehead atoms. The van der Waals surface area contributed by atoms with Crippen LogP contribution in [0.25, 0.3) is 0 Å². The van der Waals surface area contributed by atoms with Crippen LogP contribution >= 0.6 is 0 Å². The van der Waals surface area contributed by atoms with Crippen LogP contribution in [-0.2, 0) is 16.9 Å². The molecule has 1 amide bonds. The smallest absolute Gasteiger partial charge is 0.256 e. The first kappa shape index (κ1) is 23.7. The van der Waals surface area contributed by atoms with Crippen molar-refractivity contribution in [1.82, 2.24) is 4.90 Å². The average molecular weight is 492 g/mol. The number of nitrogens with zero attached hydrogens (tertiary/aromatic N) is 2. The summed E-state index contributed by atoms with van der Waals surface area (Å²) in [6.45, 7) is 2.65. The molecule has 0 saturated carbocycles. The SMILES string of the molecule is CCOc1cc([C@@H]2CN(C)[C@@]3(C(=O)Nc4ccccc43)[C@H]2[N+](=O)[O-])ccc1OCc1cccc(F)c1. The molecule has 1 N–H and O–H groups in total. The van der Waals surface area contributed by atoms with Gasteiger partial charge in [-0.05, 0) is 55.4 Å². The van der Waals surface area contributed by atoms with E-state index in [1.807, 2.05) is 6.92 Å². The number of anilines is 1. The largest absolute Gasteiger partial charge is 0.490 e. The number of carbonyl (C=O) groups excluding carboxylic acids is 1. The fourth-order valence-electron chi connectivity index (χ4n) is 5.51. The lowest BCUT2D eigenvalue weighted by Crippen LogP contribution is -2.54. The molecule has 0 aromatic heterocycles. The quantitative estimate of drug-likeness (QED) is 0.391. The molecule has 3 atom stereocenters. The zero-order valence-corrected chi connectivity index (χ0v) is 19.9. The Balaban J connectivity index is 1.50. The lowest BCUT2D eigenvalue weighted by molar-refractivity contribution is -0.534. The van der Waals surface area contributed by atoms with Gasteiger partial charge in [0.15, 0.2) is 17.0 Å². The van der Waals surface area contributed by atoms with Crippen LogP contribution < -0.4 is 14.8 Å². The van der Waals surface area contributed by atoms with Crippen molar-refractivity contribution < 1.29 is 23.6 Å². The van der Waals surface area contributed by atoms with E-state index < -0.39 is 23.4 Å². The van der Waals surface area contributed by atoms with E-state index in [1.165, 1.54) is 12.1 Å². The second-order valence-electron chi connectivity index (χ2n) is 9.04. The molecule has 1 saturated heterocycles. The number of likely N-dealkylation sites (N-methyl/N-ethyl adjacent to an activating group) is 1. The molecule has 186 valence electrons. The first-order valence-electron chi connectivity index (χ1n) is 11.8. The summed E-state index contributed by atoms with van der Waals surface area (Å²) in [5.74, 6) is -0.422. The van der Waals surface area contributed by atoms with Gasteiger partial charge < -0.3 is 14.8 Å². The fourth-order valence-corrected chi connectivity index (χ4v) is 5.51. The van der Waals surface area contributed by atoms with Gasteiger partial charge in [0.1, 0.15) is 12.4 Å². The molecule has 5 rings (SSSR count). The van der Waals surface area contributed by atoms with E-state index in [0.717, 1.165) is 0 Å². The van der Waals surface area contributed by atoms with Crippen molar-refractivity contribution in [2.24, 2.45) is 0 Å². The lowest BCUT2D eigenvalue weighted by atomic mass is 9.79. The van der Waals surface area contributed by atoms with E-state index in [9.17, 15) is 19.3 Å². The molecule has 2 heterocycles. The summed E-state index contributed by atoms with van der Waals surface area (Å²) in [4.78, 5) is 27.3. The Morgan fingerprint density at radius 1 is 1.11 bits per heavy atom. The highest BCUT2D eigenvalue weighted by atomic mass is 19.1. The number of rotatable bonds is 7. The van der Waals surface area contributed by atoms with Crippen LogP contribution in [0.4, 0.5) is 10.1 Å². The van der Waals surface area contributed by atoms with Crippen molar-refractivity contribution in [3.05, 3.63) is 99.4 Å². The third-order valence-corrected chi connectivity index (χ3v) is 7.02. The maximum Gasteiger partial charge on any atom is 0.256 e. The van der Waals surface area contributed by atoms with Crippen molar-refractivity contribution >= 4 is 11.6 Å². The molecular formula is C27H26FN3O5. The van der Waals surface area contributed by atoms with E-state index in [1.54, 1.807) is 66.5 Å². The Labute approximate surface area is 207 Å². The zero-order chi connectivity index (χ0) is 25.4. The summed E-state index contributed by atoms with van der Waals surface area (Å²) >= 11 is 0. The summed E-state index contributed by atoms with van der Waals surface area (Å²) in [6, 6.07) is 17.3. The Hall–Kier alpha value is -3.98. The molecule has 8 nitrogen and oxygen atoms in total. The Morgan fingerprint density at radius 3 is 2.67 bits per heavy atom. The molecule has 3 aromatic carbocycles. The van der Waals surface area contributed by atoms with E-state index >= 15 is 0 Å². The minimum atomic E-state index is -1.41. The molecule has 9 heteroatoms. The summed E-state index contributed by atoms with van der Waals surface area (Å²) < 4.78 is 25.2. The van der Waals surface area contributed by atoms with Gasteiger partial charge >= 0.3 is 0 Å². The Morgan fingerprint density at radius 2 is 1.92 bits per heavy atom. The molecule has 2 aliphatic heterocycles. The maximum absolute atomic E-state index is 13.5. The van der Waals surface area contributed by atoms with Gasteiger partial charge in [0.2, 0.25) is 0 Å². The van der Waals surface area contributed by atoms with Crippen LogP contribution in [0, 0.1) is 15.9 Å². The average Bonchev–Trinajstić information content (AvgIpc) is 3.33. The van der Waals surface area contributed by atoms with Crippen LogP contribution in [-0.4, -0.2) is 42.0 Å². The van der Waals surface area contributed by atoms with Crippen molar-refractivity contribution in [3.63, 3.8) is 0 Å². The van der Waals surface area contributed by atoms with Gasteiger partial charge in [-0.15, -0.1) is 0 Å². The van der Waals surface area contributed by atoms with Crippen LogP contribution in [0.1, 0.15) is 29.5 Å². The Bertz CT molecular complexity index is 1330. The minimum absolute atomic E-state index is 0.140. The van der Waals surface area contributed by atoms with Crippen molar-refractivity contribution in [1.29, 1.82) is 0 Å².